The second-order valence-corrected chi connectivity index (χ2v) is 4.22. The van der Waals surface area contributed by atoms with Gasteiger partial charge in [-0.05, 0) is 24.6 Å². The second-order valence-electron chi connectivity index (χ2n) is 4.22. The Morgan fingerprint density at radius 3 is 2.94 bits per heavy atom. The molecule has 1 heterocycles. The Kier molecular flexibility index (Phi) is 6.24. The molecule has 4 nitrogen and oxygen atoms in total. The third-order valence-electron chi connectivity index (χ3n) is 2.70. The monoisotopic (exact) mass is 361 g/mol. The van der Waals surface area contributed by atoms with Gasteiger partial charge in [-0.3, -0.25) is 4.99 Å². The summed E-state index contributed by atoms with van der Waals surface area (Å²) in [5.41, 5.74) is 1.22. The topological polar surface area (TPSA) is 36.9 Å². The van der Waals surface area contributed by atoms with Gasteiger partial charge in [0.25, 0.3) is 0 Å². The van der Waals surface area contributed by atoms with E-state index in [-0.39, 0.29) is 24.0 Å². The first kappa shape index (κ1) is 15.1. The molecule has 0 aliphatic carbocycles. The first-order valence-corrected chi connectivity index (χ1v) is 5.94. The van der Waals surface area contributed by atoms with Gasteiger partial charge in [-0.15, -0.1) is 24.0 Å². The summed E-state index contributed by atoms with van der Waals surface area (Å²) in [5.74, 6) is 1.89. The van der Waals surface area contributed by atoms with Crippen molar-refractivity contribution >= 4 is 29.9 Å². The Balaban J connectivity index is 0.00000162. The lowest BCUT2D eigenvalue weighted by atomic mass is 10.2. The Labute approximate surface area is 125 Å². The molecule has 100 valence electrons. The number of nitrogens with one attached hydrogen (secondary N) is 1. The van der Waals surface area contributed by atoms with Crippen molar-refractivity contribution in [3.8, 4) is 5.75 Å². The van der Waals surface area contributed by atoms with Gasteiger partial charge in [0, 0.05) is 13.6 Å². The third-order valence-corrected chi connectivity index (χ3v) is 2.70. The molecule has 1 aromatic carbocycles. The Morgan fingerprint density at radius 2 is 2.28 bits per heavy atom. The maximum absolute atomic E-state index is 5.65. The summed E-state index contributed by atoms with van der Waals surface area (Å²) >= 11 is 0. The number of benzene rings is 1. The molecular formula is C13H20IN3O. The van der Waals surface area contributed by atoms with Crippen molar-refractivity contribution in [3.63, 3.8) is 0 Å². The quantitative estimate of drug-likeness (QED) is 0.657. The molecule has 1 aromatic rings. The van der Waals surface area contributed by atoms with E-state index in [1.807, 2.05) is 25.2 Å². The zero-order valence-electron chi connectivity index (χ0n) is 10.8. The number of aryl methyl sites for hydroxylation is 1. The van der Waals surface area contributed by atoms with Crippen LogP contribution in [0.15, 0.2) is 29.3 Å². The number of nitrogens with zero attached hydrogens (tertiary/aromatic N) is 2. The van der Waals surface area contributed by atoms with Gasteiger partial charge in [-0.2, -0.15) is 0 Å². The molecule has 0 fully saturated rings. The molecule has 1 aliphatic rings. The number of halogens is 1. The molecular weight excluding hydrogens is 341 g/mol. The van der Waals surface area contributed by atoms with Crippen LogP contribution >= 0.6 is 24.0 Å². The van der Waals surface area contributed by atoms with E-state index in [4.69, 9.17) is 4.74 Å². The number of ether oxygens (including phenoxy) is 1. The summed E-state index contributed by atoms with van der Waals surface area (Å²) in [5, 5.41) is 3.27. The molecule has 0 radical (unpaired) electrons. The van der Waals surface area contributed by atoms with Crippen molar-refractivity contribution in [1.29, 1.82) is 0 Å². The van der Waals surface area contributed by atoms with Crippen molar-refractivity contribution in [3.05, 3.63) is 29.8 Å². The molecule has 0 bridgehead atoms. The molecule has 0 aromatic heterocycles. The van der Waals surface area contributed by atoms with Crippen LogP contribution in [0.4, 0.5) is 0 Å². The van der Waals surface area contributed by atoms with Crippen LogP contribution in [0, 0.1) is 6.92 Å². The average Bonchev–Trinajstić information content (AvgIpc) is 2.71. The molecule has 1 aliphatic heterocycles. The maximum atomic E-state index is 5.65. The van der Waals surface area contributed by atoms with Gasteiger partial charge in [0.05, 0.1) is 13.1 Å². The summed E-state index contributed by atoms with van der Waals surface area (Å²) in [6.07, 6.45) is 0. The molecule has 18 heavy (non-hydrogen) atoms. The highest BCUT2D eigenvalue weighted by atomic mass is 127. The number of rotatable bonds is 4. The highest BCUT2D eigenvalue weighted by Gasteiger charge is 2.10. The minimum absolute atomic E-state index is 0. The molecule has 0 saturated heterocycles. The van der Waals surface area contributed by atoms with Crippen LogP contribution in [-0.2, 0) is 0 Å². The van der Waals surface area contributed by atoms with Crippen LogP contribution in [0.25, 0.3) is 0 Å². The number of hydrogen-bond donors (Lipinski definition) is 1. The number of likely N-dealkylation sites (N-methyl/N-ethyl adjacent to an activating group) is 1. The van der Waals surface area contributed by atoms with Crippen LogP contribution in [-0.4, -0.2) is 44.1 Å². The molecule has 0 amide bonds. The minimum atomic E-state index is 0. The molecule has 5 heteroatoms. The fourth-order valence-corrected chi connectivity index (χ4v) is 1.76. The summed E-state index contributed by atoms with van der Waals surface area (Å²) in [6, 6.07) is 8.09. The zero-order chi connectivity index (χ0) is 12.1. The lowest BCUT2D eigenvalue weighted by Gasteiger charge is -2.15. The molecule has 2 rings (SSSR count). The highest BCUT2D eigenvalue weighted by Crippen LogP contribution is 2.11. The van der Waals surface area contributed by atoms with E-state index in [9.17, 15) is 0 Å². The summed E-state index contributed by atoms with van der Waals surface area (Å²) in [4.78, 5) is 6.47. The van der Waals surface area contributed by atoms with E-state index in [2.05, 4.69) is 28.2 Å². The van der Waals surface area contributed by atoms with E-state index in [0.717, 1.165) is 31.3 Å². The Bertz CT molecular complexity index is 409. The van der Waals surface area contributed by atoms with Gasteiger partial charge in [0.2, 0.25) is 0 Å². The van der Waals surface area contributed by atoms with Crippen molar-refractivity contribution in [2.75, 3.05) is 33.3 Å². The van der Waals surface area contributed by atoms with Crippen LogP contribution in [0.1, 0.15) is 5.56 Å². The Morgan fingerprint density at radius 1 is 1.44 bits per heavy atom. The van der Waals surface area contributed by atoms with Gasteiger partial charge in [-0.1, -0.05) is 12.1 Å². The lowest BCUT2D eigenvalue weighted by Crippen LogP contribution is -2.37. The molecule has 0 atom stereocenters. The van der Waals surface area contributed by atoms with Gasteiger partial charge in [-0.25, -0.2) is 0 Å². The van der Waals surface area contributed by atoms with E-state index < -0.39 is 0 Å². The SMILES string of the molecule is Cc1cccc(OCCNC2=NCCN2C)c1.I. The predicted molar refractivity (Wildman–Crippen MR) is 85.0 cm³/mol. The van der Waals surface area contributed by atoms with Crippen LogP contribution in [0.2, 0.25) is 0 Å². The lowest BCUT2D eigenvalue weighted by molar-refractivity contribution is 0.320. The summed E-state index contributed by atoms with van der Waals surface area (Å²) in [6.45, 7) is 5.37. The molecule has 0 unspecified atom stereocenters. The van der Waals surface area contributed by atoms with Gasteiger partial charge in [0.1, 0.15) is 12.4 Å². The zero-order valence-corrected chi connectivity index (χ0v) is 13.2. The number of hydrogen-bond acceptors (Lipinski definition) is 4. The largest absolute Gasteiger partial charge is 0.492 e. The van der Waals surface area contributed by atoms with E-state index in [1.165, 1.54) is 5.56 Å². The number of guanidine groups is 1. The predicted octanol–water partition coefficient (Wildman–Crippen LogP) is 1.88. The van der Waals surface area contributed by atoms with Gasteiger partial charge in [0.15, 0.2) is 5.96 Å². The van der Waals surface area contributed by atoms with Gasteiger partial charge >= 0.3 is 0 Å². The van der Waals surface area contributed by atoms with Crippen LogP contribution < -0.4 is 10.1 Å². The molecule has 0 saturated carbocycles. The fourth-order valence-electron chi connectivity index (χ4n) is 1.76. The van der Waals surface area contributed by atoms with Crippen molar-refractivity contribution in [2.45, 2.75) is 6.92 Å². The van der Waals surface area contributed by atoms with E-state index in [1.54, 1.807) is 0 Å². The first-order valence-electron chi connectivity index (χ1n) is 5.94. The normalized spacial score (nSPS) is 13.9. The summed E-state index contributed by atoms with van der Waals surface area (Å²) in [7, 11) is 2.04. The highest BCUT2D eigenvalue weighted by molar-refractivity contribution is 14.0. The number of aliphatic imine (C=N–C) groups is 1. The van der Waals surface area contributed by atoms with E-state index in [0.29, 0.717) is 6.61 Å². The van der Waals surface area contributed by atoms with E-state index >= 15 is 0 Å². The smallest absolute Gasteiger partial charge is 0.193 e. The molecule has 1 N–H and O–H groups in total. The van der Waals surface area contributed by atoms with Crippen molar-refractivity contribution < 1.29 is 4.74 Å². The summed E-state index contributed by atoms with van der Waals surface area (Å²) < 4.78 is 5.65. The van der Waals surface area contributed by atoms with Gasteiger partial charge < -0.3 is 15.0 Å². The molecule has 0 spiro atoms. The minimum Gasteiger partial charge on any atom is -0.492 e. The van der Waals surface area contributed by atoms with Crippen LogP contribution in [0.5, 0.6) is 5.75 Å². The van der Waals surface area contributed by atoms with Crippen molar-refractivity contribution in [2.24, 2.45) is 4.99 Å². The first-order chi connectivity index (χ1) is 8.25. The Hall–Kier alpha value is -0.980. The third kappa shape index (κ3) is 4.36. The second kappa shape index (κ2) is 7.45. The fraction of sp³-hybridized carbons (Fsp3) is 0.462. The maximum Gasteiger partial charge on any atom is 0.193 e. The van der Waals surface area contributed by atoms with Crippen LogP contribution in [0.3, 0.4) is 0 Å². The average molecular weight is 361 g/mol. The van der Waals surface area contributed by atoms with Crippen molar-refractivity contribution in [1.82, 2.24) is 10.2 Å². The standard InChI is InChI=1S/C13H19N3O.HI/c1-11-4-3-5-12(10-11)17-9-7-15-13-14-6-8-16(13)2;/h3-5,10H,6-9H2,1-2H3,(H,14,15);1H.